The summed E-state index contributed by atoms with van der Waals surface area (Å²) in [4.78, 5) is 14.7. The van der Waals surface area contributed by atoms with Crippen molar-refractivity contribution in [2.45, 2.75) is 16.6 Å². The Hall–Kier alpha value is -1.17. The Labute approximate surface area is 162 Å². The first-order chi connectivity index (χ1) is 12.7. The van der Waals surface area contributed by atoms with E-state index in [1.807, 2.05) is 0 Å². The summed E-state index contributed by atoms with van der Waals surface area (Å²) in [6, 6.07) is 5.88. The van der Waals surface area contributed by atoms with Crippen molar-refractivity contribution >= 4 is 37.5 Å². The maximum absolute atomic E-state index is 12.9. The first-order valence-electron chi connectivity index (χ1n) is 8.53. The van der Waals surface area contributed by atoms with E-state index >= 15 is 0 Å². The lowest BCUT2D eigenvalue weighted by atomic mass is 10.3. The van der Waals surface area contributed by atoms with Gasteiger partial charge in [-0.1, -0.05) is 0 Å². The van der Waals surface area contributed by atoms with Crippen LogP contribution in [0.5, 0.6) is 0 Å². The molecule has 3 rings (SSSR count). The molecule has 11 heteroatoms. The highest BCUT2D eigenvalue weighted by Gasteiger charge is 2.41. The van der Waals surface area contributed by atoms with Crippen LogP contribution < -0.4 is 0 Å². The molecule has 1 amide bonds. The van der Waals surface area contributed by atoms with E-state index in [1.54, 1.807) is 17.0 Å². The predicted molar refractivity (Wildman–Crippen MR) is 101 cm³/mol. The molecule has 2 aliphatic heterocycles. The lowest BCUT2D eigenvalue weighted by Crippen LogP contribution is -2.53. The van der Waals surface area contributed by atoms with E-state index in [-0.39, 0.29) is 61.6 Å². The Morgan fingerprint density at radius 1 is 1.15 bits per heavy atom. The van der Waals surface area contributed by atoms with E-state index in [0.29, 0.717) is 0 Å². The van der Waals surface area contributed by atoms with Crippen molar-refractivity contribution in [3.63, 3.8) is 0 Å². The number of hydrogen-bond donors (Lipinski definition) is 0. The molecule has 0 N–H and O–H groups in total. The van der Waals surface area contributed by atoms with Crippen molar-refractivity contribution in [1.29, 1.82) is 0 Å². The standard InChI is InChI=1S/C16H21FN2O5S3/c17-13-1-3-14(4-2-13)25-11-16(20)18-6-8-19(9-7-18)27(23,24)15-5-10-26(21,22)12-15/h1-4,15H,5-12H2. The Morgan fingerprint density at radius 3 is 2.33 bits per heavy atom. The smallest absolute Gasteiger partial charge is 0.233 e. The quantitative estimate of drug-likeness (QED) is 0.627. The van der Waals surface area contributed by atoms with Gasteiger partial charge in [0.1, 0.15) is 5.82 Å². The second-order valence-electron chi connectivity index (χ2n) is 6.59. The molecule has 2 aliphatic rings. The average Bonchev–Trinajstić information content (AvgIpc) is 3.02. The molecule has 2 fully saturated rings. The van der Waals surface area contributed by atoms with Gasteiger partial charge in [0, 0.05) is 31.1 Å². The topological polar surface area (TPSA) is 91.8 Å². The Morgan fingerprint density at radius 2 is 1.78 bits per heavy atom. The molecule has 1 aromatic carbocycles. The van der Waals surface area contributed by atoms with Gasteiger partial charge in [0.05, 0.1) is 22.5 Å². The third-order valence-electron chi connectivity index (χ3n) is 4.74. The molecule has 0 radical (unpaired) electrons. The summed E-state index contributed by atoms with van der Waals surface area (Å²) in [6.45, 7) is 0.903. The minimum Gasteiger partial charge on any atom is -0.339 e. The van der Waals surface area contributed by atoms with Crippen molar-refractivity contribution < 1.29 is 26.0 Å². The van der Waals surface area contributed by atoms with E-state index < -0.39 is 25.1 Å². The SMILES string of the molecule is O=C(CSc1ccc(F)cc1)N1CCN(S(=O)(=O)C2CCS(=O)(=O)C2)CC1. The number of hydrogen-bond acceptors (Lipinski definition) is 6. The highest BCUT2D eigenvalue weighted by atomic mass is 32.2. The lowest BCUT2D eigenvalue weighted by Gasteiger charge is -2.35. The molecular formula is C16H21FN2O5S3. The Kier molecular flexibility index (Phi) is 6.14. The number of halogens is 1. The minimum atomic E-state index is -3.67. The fourth-order valence-electron chi connectivity index (χ4n) is 3.17. The number of thioether (sulfide) groups is 1. The monoisotopic (exact) mass is 436 g/mol. The van der Waals surface area contributed by atoms with Crippen LogP contribution >= 0.6 is 11.8 Å². The zero-order valence-corrected chi connectivity index (χ0v) is 17.0. The summed E-state index contributed by atoms with van der Waals surface area (Å²) in [5.41, 5.74) is 0. The number of sulfone groups is 1. The normalized spacial score (nSPS) is 23.4. The van der Waals surface area contributed by atoms with Crippen molar-refractivity contribution in [3.8, 4) is 0 Å². The van der Waals surface area contributed by atoms with Crippen molar-refractivity contribution in [1.82, 2.24) is 9.21 Å². The molecule has 150 valence electrons. The second-order valence-corrected chi connectivity index (χ2v) is 12.1. The van der Waals surface area contributed by atoms with Gasteiger partial charge in [0.25, 0.3) is 0 Å². The van der Waals surface area contributed by atoms with Crippen LogP contribution in [0.4, 0.5) is 4.39 Å². The molecule has 7 nitrogen and oxygen atoms in total. The molecule has 0 saturated carbocycles. The maximum atomic E-state index is 12.9. The first kappa shape index (κ1) is 20.6. The van der Waals surface area contributed by atoms with Crippen LogP contribution in [0.25, 0.3) is 0 Å². The number of nitrogens with zero attached hydrogens (tertiary/aromatic N) is 2. The van der Waals surface area contributed by atoms with Crippen LogP contribution in [-0.2, 0) is 24.7 Å². The molecule has 1 aromatic rings. The summed E-state index contributed by atoms with van der Waals surface area (Å²) in [6.07, 6.45) is 0.137. The number of carbonyl (C=O) groups is 1. The van der Waals surface area contributed by atoms with Gasteiger partial charge in [-0.15, -0.1) is 11.8 Å². The molecule has 0 aliphatic carbocycles. The van der Waals surface area contributed by atoms with E-state index in [4.69, 9.17) is 0 Å². The van der Waals surface area contributed by atoms with Crippen molar-refractivity contribution in [3.05, 3.63) is 30.1 Å². The summed E-state index contributed by atoms with van der Waals surface area (Å²) < 4.78 is 62.5. The van der Waals surface area contributed by atoms with Crippen LogP contribution in [-0.4, -0.2) is 80.6 Å². The molecule has 1 atom stereocenters. The number of sulfonamides is 1. The third kappa shape index (κ3) is 5.01. The van der Waals surface area contributed by atoms with Gasteiger partial charge in [-0.05, 0) is 30.7 Å². The summed E-state index contributed by atoms with van der Waals surface area (Å²) >= 11 is 1.30. The van der Waals surface area contributed by atoms with Gasteiger partial charge in [0.2, 0.25) is 15.9 Å². The van der Waals surface area contributed by atoms with Gasteiger partial charge in [-0.3, -0.25) is 4.79 Å². The zero-order valence-electron chi connectivity index (χ0n) is 14.6. The van der Waals surface area contributed by atoms with Crippen LogP contribution in [0.15, 0.2) is 29.2 Å². The number of carbonyl (C=O) groups excluding carboxylic acids is 1. The van der Waals surface area contributed by atoms with Gasteiger partial charge in [-0.25, -0.2) is 21.2 Å². The number of piperazine rings is 1. The van der Waals surface area contributed by atoms with Gasteiger partial charge >= 0.3 is 0 Å². The fourth-order valence-corrected chi connectivity index (χ4v) is 8.48. The van der Waals surface area contributed by atoms with E-state index in [9.17, 15) is 26.0 Å². The van der Waals surface area contributed by atoms with E-state index in [2.05, 4.69) is 0 Å². The molecular weight excluding hydrogens is 415 g/mol. The van der Waals surface area contributed by atoms with Crippen LogP contribution in [0.1, 0.15) is 6.42 Å². The third-order valence-corrected chi connectivity index (χ3v) is 10.0. The molecule has 0 bridgehead atoms. The van der Waals surface area contributed by atoms with Gasteiger partial charge in [-0.2, -0.15) is 4.31 Å². The lowest BCUT2D eigenvalue weighted by molar-refractivity contribution is -0.129. The Balaban J connectivity index is 1.50. The first-order valence-corrected chi connectivity index (χ1v) is 12.8. The van der Waals surface area contributed by atoms with E-state index in [1.165, 1.54) is 28.2 Å². The van der Waals surface area contributed by atoms with Gasteiger partial charge < -0.3 is 4.90 Å². The highest BCUT2D eigenvalue weighted by molar-refractivity contribution is 8.00. The second kappa shape index (κ2) is 8.06. The largest absolute Gasteiger partial charge is 0.339 e. The fraction of sp³-hybridized carbons (Fsp3) is 0.562. The molecule has 27 heavy (non-hydrogen) atoms. The minimum absolute atomic E-state index is 0.0873. The summed E-state index contributed by atoms with van der Waals surface area (Å²) in [5.74, 6) is -0.652. The number of benzene rings is 1. The molecule has 2 heterocycles. The van der Waals surface area contributed by atoms with Crippen molar-refractivity contribution in [2.24, 2.45) is 0 Å². The highest BCUT2D eigenvalue weighted by Crippen LogP contribution is 2.24. The Bertz CT molecular complexity index is 894. The zero-order chi connectivity index (χ0) is 19.7. The molecule has 2 saturated heterocycles. The van der Waals surface area contributed by atoms with Crippen LogP contribution in [0, 0.1) is 5.82 Å². The van der Waals surface area contributed by atoms with Crippen LogP contribution in [0.2, 0.25) is 0 Å². The number of rotatable bonds is 5. The summed E-state index contributed by atoms with van der Waals surface area (Å²) in [7, 11) is -6.94. The maximum Gasteiger partial charge on any atom is 0.233 e. The molecule has 0 spiro atoms. The number of amides is 1. The van der Waals surface area contributed by atoms with Crippen LogP contribution in [0.3, 0.4) is 0 Å². The molecule has 1 unspecified atom stereocenters. The average molecular weight is 437 g/mol. The predicted octanol–water partition coefficient (Wildman–Crippen LogP) is 0.579. The molecule has 0 aromatic heterocycles. The van der Waals surface area contributed by atoms with Gasteiger partial charge in [0.15, 0.2) is 9.84 Å². The van der Waals surface area contributed by atoms with E-state index in [0.717, 1.165) is 4.90 Å². The van der Waals surface area contributed by atoms with Crippen molar-refractivity contribution in [2.75, 3.05) is 43.4 Å². The summed E-state index contributed by atoms with van der Waals surface area (Å²) in [5, 5.41) is -0.876.